The maximum atomic E-state index is 6.50. The van der Waals surface area contributed by atoms with Crippen LogP contribution >= 0.6 is 23.2 Å². The quantitative estimate of drug-likeness (QED) is 0.658. The Morgan fingerprint density at radius 3 is 1.05 bits per heavy atom. The number of anilines is 2. The van der Waals surface area contributed by atoms with E-state index in [0.29, 0.717) is 11.4 Å². The number of halogens is 2. The first-order valence-electron chi connectivity index (χ1n) is 7.21. The average molecular weight is 337 g/mol. The van der Waals surface area contributed by atoms with Gasteiger partial charge in [0, 0.05) is 32.5 Å². The fourth-order valence-electron chi connectivity index (χ4n) is 2.94. The third-order valence-electron chi connectivity index (χ3n) is 4.79. The van der Waals surface area contributed by atoms with E-state index in [1.54, 1.807) is 0 Å². The van der Waals surface area contributed by atoms with E-state index in [1.807, 2.05) is 41.5 Å². The summed E-state index contributed by atoms with van der Waals surface area (Å²) in [5, 5.41) is 1.46. The highest BCUT2D eigenvalue weighted by Crippen LogP contribution is 2.46. The summed E-state index contributed by atoms with van der Waals surface area (Å²) >= 11 is 13.0. The third kappa shape index (κ3) is 2.26. The molecule has 0 radical (unpaired) electrons. The van der Waals surface area contributed by atoms with Crippen molar-refractivity contribution in [1.82, 2.24) is 0 Å². The second-order valence-electron chi connectivity index (χ2n) is 5.96. The Balaban J connectivity index is 3.03. The van der Waals surface area contributed by atoms with E-state index in [2.05, 4.69) is 0 Å². The summed E-state index contributed by atoms with van der Waals surface area (Å²) in [6, 6.07) is 0. The van der Waals surface area contributed by atoms with Gasteiger partial charge in [0.05, 0.1) is 0 Å². The molecule has 4 N–H and O–H groups in total. The fraction of sp³-hybridized carbons (Fsp3) is 0.333. The van der Waals surface area contributed by atoms with E-state index in [1.165, 1.54) is 0 Å². The van der Waals surface area contributed by atoms with Gasteiger partial charge in [-0.3, -0.25) is 0 Å². The number of rotatable bonds is 1. The van der Waals surface area contributed by atoms with Crippen molar-refractivity contribution in [3.63, 3.8) is 0 Å². The van der Waals surface area contributed by atoms with Crippen molar-refractivity contribution in [3.05, 3.63) is 43.4 Å². The van der Waals surface area contributed by atoms with Gasteiger partial charge in [-0.25, -0.2) is 0 Å². The van der Waals surface area contributed by atoms with Gasteiger partial charge in [-0.2, -0.15) is 0 Å². The minimum atomic E-state index is 0.716. The first kappa shape index (κ1) is 17.0. The third-order valence-corrected chi connectivity index (χ3v) is 5.92. The number of hydrogen-bond acceptors (Lipinski definition) is 2. The summed E-state index contributed by atoms with van der Waals surface area (Å²) in [5.74, 6) is 0. The molecule has 0 fully saturated rings. The van der Waals surface area contributed by atoms with Gasteiger partial charge in [0.25, 0.3) is 0 Å². The molecule has 2 aromatic carbocycles. The van der Waals surface area contributed by atoms with E-state index in [0.717, 1.165) is 54.6 Å². The molecule has 0 aromatic heterocycles. The molecule has 4 heteroatoms. The molecule has 0 aliphatic heterocycles. The maximum absolute atomic E-state index is 6.50. The molecule has 0 spiro atoms. The van der Waals surface area contributed by atoms with Gasteiger partial charge in [0.1, 0.15) is 0 Å². The standard InChI is InChI=1S/C18H22Cl2N2/c1-7-9(3)17(21)13(11(5)15(7)19)14-12(6)16(20)8(2)10(4)18(14)22/h21-22H2,1-6H3. The maximum Gasteiger partial charge on any atom is 0.0474 e. The van der Waals surface area contributed by atoms with Crippen molar-refractivity contribution in [2.75, 3.05) is 11.5 Å². The molecule has 0 saturated heterocycles. The van der Waals surface area contributed by atoms with Gasteiger partial charge in [-0.1, -0.05) is 23.2 Å². The summed E-state index contributed by atoms with van der Waals surface area (Å²) in [7, 11) is 0. The molecule has 0 unspecified atom stereocenters. The van der Waals surface area contributed by atoms with Gasteiger partial charge in [-0.05, 0) is 74.9 Å². The Bertz CT molecular complexity index is 667. The second kappa shape index (κ2) is 5.68. The monoisotopic (exact) mass is 336 g/mol. The molecule has 118 valence electrons. The van der Waals surface area contributed by atoms with Crippen LogP contribution in [0.5, 0.6) is 0 Å². The van der Waals surface area contributed by atoms with Gasteiger partial charge in [0.15, 0.2) is 0 Å². The molecule has 0 bridgehead atoms. The van der Waals surface area contributed by atoms with Crippen molar-refractivity contribution in [2.45, 2.75) is 41.5 Å². The Hall–Kier alpha value is -1.38. The van der Waals surface area contributed by atoms with Crippen LogP contribution in [-0.2, 0) is 0 Å². The lowest BCUT2D eigenvalue weighted by Crippen LogP contribution is -2.06. The molecular weight excluding hydrogens is 315 g/mol. The normalized spacial score (nSPS) is 11.1. The summed E-state index contributed by atoms with van der Waals surface area (Å²) in [6.45, 7) is 11.9. The lowest BCUT2D eigenvalue weighted by molar-refractivity contribution is 1.27. The summed E-state index contributed by atoms with van der Waals surface area (Å²) in [6.07, 6.45) is 0. The van der Waals surface area contributed by atoms with Crippen LogP contribution in [0.4, 0.5) is 11.4 Å². The summed E-state index contributed by atoms with van der Waals surface area (Å²) in [4.78, 5) is 0. The average Bonchev–Trinajstić information content (AvgIpc) is 2.50. The van der Waals surface area contributed by atoms with E-state index < -0.39 is 0 Å². The van der Waals surface area contributed by atoms with E-state index >= 15 is 0 Å². The number of nitrogens with two attached hydrogens (primary N) is 2. The van der Waals surface area contributed by atoms with Crippen LogP contribution in [0.3, 0.4) is 0 Å². The first-order chi connectivity index (χ1) is 10.1. The van der Waals surface area contributed by atoms with Crippen LogP contribution in [0, 0.1) is 41.5 Å². The zero-order valence-electron chi connectivity index (χ0n) is 13.9. The van der Waals surface area contributed by atoms with E-state index in [-0.39, 0.29) is 0 Å². The molecule has 0 atom stereocenters. The minimum absolute atomic E-state index is 0.716. The van der Waals surface area contributed by atoms with Gasteiger partial charge in [0.2, 0.25) is 0 Å². The Morgan fingerprint density at radius 2 is 0.773 bits per heavy atom. The number of benzene rings is 2. The molecule has 0 amide bonds. The van der Waals surface area contributed by atoms with Gasteiger partial charge >= 0.3 is 0 Å². The van der Waals surface area contributed by atoms with Gasteiger partial charge in [-0.15, -0.1) is 0 Å². The van der Waals surface area contributed by atoms with E-state index in [4.69, 9.17) is 34.7 Å². The van der Waals surface area contributed by atoms with Crippen LogP contribution in [-0.4, -0.2) is 0 Å². The van der Waals surface area contributed by atoms with Crippen molar-refractivity contribution < 1.29 is 0 Å². The highest BCUT2D eigenvalue weighted by Gasteiger charge is 2.22. The molecule has 2 nitrogen and oxygen atoms in total. The number of hydrogen-bond donors (Lipinski definition) is 2. The largest absolute Gasteiger partial charge is 0.398 e. The smallest absolute Gasteiger partial charge is 0.0474 e. The fourth-order valence-corrected chi connectivity index (χ4v) is 3.41. The highest BCUT2D eigenvalue weighted by atomic mass is 35.5. The predicted molar refractivity (Wildman–Crippen MR) is 99.1 cm³/mol. The van der Waals surface area contributed by atoms with Crippen LogP contribution < -0.4 is 11.5 Å². The Kier molecular flexibility index (Phi) is 4.38. The first-order valence-corrected chi connectivity index (χ1v) is 7.96. The van der Waals surface area contributed by atoms with Crippen LogP contribution in [0.15, 0.2) is 0 Å². The molecule has 0 aliphatic rings. The van der Waals surface area contributed by atoms with Gasteiger partial charge < -0.3 is 11.5 Å². The Morgan fingerprint density at radius 1 is 0.500 bits per heavy atom. The summed E-state index contributed by atoms with van der Waals surface area (Å²) < 4.78 is 0. The lowest BCUT2D eigenvalue weighted by Gasteiger charge is -2.23. The van der Waals surface area contributed by atoms with Crippen molar-refractivity contribution in [3.8, 4) is 11.1 Å². The topological polar surface area (TPSA) is 52.0 Å². The molecule has 22 heavy (non-hydrogen) atoms. The van der Waals surface area contributed by atoms with Crippen molar-refractivity contribution in [2.24, 2.45) is 0 Å². The van der Waals surface area contributed by atoms with Crippen LogP contribution in [0.25, 0.3) is 11.1 Å². The zero-order valence-corrected chi connectivity index (χ0v) is 15.4. The SMILES string of the molecule is Cc1c(C)c(Cl)c(C)c(-c2c(C)c(Cl)c(C)c(C)c2N)c1N. The van der Waals surface area contributed by atoms with E-state index in [9.17, 15) is 0 Å². The van der Waals surface area contributed by atoms with Crippen LogP contribution in [0.1, 0.15) is 33.4 Å². The lowest BCUT2D eigenvalue weighted by atomic mass is 9.87. The minimum Gasteiger partial charge on any atom is -0.398 e. The van der Waals surface area contributed by atoms with Crippen molar-refractivity contribution in [1.29, 1.82) is 0 Å². The molecule has 0 aliphatic carbocycles. The zero-order chi connectivity index (χ0) is 16.9. The van der Waals surface area contributed by atoms with Crippen molar-refractivity contribution >= 4 is 34.6 Å². The number of nitrogen functional groups attached to an aromatic ring is 2. The molecule has 0 heterocycles. The molecule has 0 saturated carbocycles. The molecule has 2 rings (SSSR count). The highest BCUT2D eigenvalue weighted by molar-refractivity contribution is 6.34. The molecule has 2 aromatic rings. The van der Waals surface area contributed by atoms with Crippen LogP contribution in [0.2, 0.25) is 10.0 Å². The second-order valence-corrected chi connectivity index (χ2v) is 6.71. The summed E-state index contributed by atoms with van der Waals surface area (Å²) in [5.41, 5.74) is 21.9. The predicted octanol–water partition coefficient (Wildman–Crippen LogP) is 5.68. The molecular formula is C18H22Cl2N2. The Labute approximate surface area is 142 Å².